The highest BCUT2D eigenvalue weighted by Gasteiger charge is 2.14. The Morgan fingerprint density at radius 1 is 1.07 bits per heavy atom. The molecule has 0 aliphatic carbocycles. The Hall–Kier alpha value is -3.61. The van der Waals surface area contributed by atoms with Gasteiger partial charge in [-0.15, -0.1) is 0 Å². The van der Waals surface area contributed by atoms with Crippen LogP contribution in [-0.4, -0.2) is 24.1 Å². The second-order valence-electron chi connectivity index (χ2n) is 6.54. The third-order valence-electron chi connectivity index (χ3n) is 4.67. The van der Waals surface area contributed by atoms with Gasteiger partial charge in [0.1, 0.15) is 18.1 Å². The van der Waals surface area contributed by atoms with Crippen molar-refractivity contribution < 1.29 is 23.6 Å². The molecule has 150 valence electrons. The molecule has 1 N–H and O–H groups in total. The number of esters is 1. The third-order valence-corrected chi connectivity index (χ3v) is 4.67. The highest BCUT2D eigenvalue weighted by molar-refractivity contribution is 6.05. The van der Waals surface area contributed by atoms with Crippen molar-refractivity contribution in [3.8, 4) is 5.75 Å². The number of methoxy groups -OCH3 is 1. The molecule has 0 saturated carbocycles. The Balaban J connectivity index is 1.67. The third kappa shape index (κ3) is 4.45. The molecular weight excluding hydrogens is 372 g/mol. The number of benzene rings is 2. The summed E-state index contributed by atoms with van der Waals surface area (Å²) in [4.78, 5) is 24.4. The fraction of sp³-hybridized carbons (Fsp3) is 0.227. The number of rotatable bonds is 6. The van der Waals surface area contributed by atoms with Crippen LogP contribution in [-0.2, 0) is 11.3 Å². The maximum Gasteiger partial charge on any atom is 0.338 e. The lowest BCUT2D eigenvalue weighted by Gasteiger charge is -2.12. The van der Waals surface area contributed by atoms with Crippen molar-refractivity contribution in [1.82, 2.24) is 5.16 Å². The van der Waals surface area contributed by atoms with E-state index in [-0.39, 0.29) is 5.91 Å². The molecule has 0 bridgehead atoms. The molecule has 0 atom stereocenters. The molecule has 1 amide bonds. The molecule has 0 unspecified atom stereocenters. The second kappa shape index (κ2) is 8.60. The monoisotopic (exact) mass is 394 g/mol. The van der Waals surface area contributed by atoms with Crippen molar-refractivity contribution in [2.45, 2.75) is 27.4 Å². The van der Waals surface area contributed by atoms with Crippen LogP contribution in [0.1, 0.15) is 43.3 Å². The molecular formula is C22H22N2O5. The summed E-state index contributed by atoms with van der Waals surface area (Å²) in [5.74, 6) is 0.624. The number of hydrogen-bond donors (Lipinski definition) is 1. The number of nitrogens with one attached hydrogen (secondary N) is 1. The van der Waals surface area contributed by atoms with Gasteiger partial charge in [0.05, 0.1) is 23.9 Å². The first-order valence-electron chi connectivity index (χ1n) is 9.04. The van der Waals surface area contributed by atoms with Gasteiger partial charge >= 0.3 is 5.97 Å². The molecule has 0 radical (unpaired) electrons. The van der Waals surface area contributed by atoms with E-state index in [2.05, 4.69) is 10.5 Å². The predicted molar refractivity (Wildman–Crippen MR) is 107 cm³/mol. The number of nitrogens with zero attached hydrogens (tertiary/aromatic N) is 1. The molecule has 1 aromatic heterocycles. The number of aryl methyl sites for hydroxylation is 2. The first-order valence-corrected chi connectivity index (χ1v) is 9.04. The van der Waals surface area contributed by atoms with E-state index in [0.29, 0.717) is 34.7 Å². The van der Waals surface area contributed by atoms with Crippen molar-refractivity contribution in [3.63, 3.8) is 0 Å². The van der Waals surface area contributed by atoms with Crippen molar-refractivity contribution in [2.24, 2.45) is 0 Å². The molecule has 29 heavy (non-hydrogen) atoms. The van der Waals surface area contributed by atoms with E-state index in [1.165, 1.54) is 7.11 Å². The number of amides is 1. The SMILES string of the molecule is COC(=O)c1cccc(NC(=O)c2ccc(OCc3c(C)noc3C)cc2)c1C. The van der Waals surface area contributed by atoms with Crippen LogP contribution in [0.25, 0.3) is 0 Å². The largest absolute Gasteiger partial charge is 0.489 e. The Labute approximate surface area is 168 Å². The average molecular weight is 394 g/mol. The van der Waals surface area contributed by atoms with E-state index in [0.717, 1.165) is 17.0 Å². The molecule has 1 heterocycles. The van der Waals surface area contributed by atoms with E-state index in [1.54, 1.807) is 49.4 Å². The van der Waals surface area contributed by atoms with Gasteiger partial charge in [0.15, 0.2) is 0 Å². The quantitative estimate of drug-likeness (QED) is 0.630. The van der Waals surface area contributed by atoms with Crippen LogP contribution in [0.4, 0.5) is 5.69 Å². The van der Waals surface area contributed by atoms with Crippen molar-refractivity contribution in [1.29, 1.82) is 0 Å². The lowest BCUT2D eigenvalue weighted by Crippen LogP contribution is -2.14. The highest BCUT2D eigenvalue weighted by atomic mass is 16.5. The minimum absolute atomic E-state index is 0.285. The Morgan fingerprint density at radius 3 is 2.41 bits per heavy atom. The fourth-order valence-corrected chi connectivity index (χ4v) is 2.86. The van der Waals surface area contributed by atoms with Gasteiger partial charge in [0, 0.05) is 11.3 Å². The zero-order valence-electron chi connectivity index (χ0n) is 16.7. The minimum atomic E-state index is -0.446. The molecule has 7 heteroatoms. The number of ether oxygens (including phenoxy) is 2. The second-order valence-corrected chi connectivity index (χ2v) is 6.54. The molecule has 3 aromatic rings. The van der Waals surface area contributed by atoms with Crippen LogP contribution in [0.5, 0.6) is 5.75 Å². The minimum Gasteiger partial charge on any atom is -0.489 e. The molecule has 0 fully saturated rings. The van der Waals surface area contributed by atoms with E-state index >= 15 is 0 Å². The summed E-state index contributed by atoms with van der Waals surface area (Å²) in [5.41, 5.74) is 3.78. The molecule has 0 spiro atoms. The van der Waals surface area contributed by atoms with E-state index in [9.17, 15) is 9.59 Å². The maximum atomic E-state index is 12.6. The summed E-state index contributed by atoms with van der Waals surface area (Å²) < 4.78 is 15.6. The van der Waals surface area contributed by atoms with Gasteiger partial charge < -0.3 is 19.3 Å². The van der Waals surface area contributed by atoms with E-state index < -0.39 is 5.97 Å². The van der Waals surface area contributed by atoms with Gasteiger partial charge in [-0.25, -0.2) is 4.79 Å². The van der Waals surface area contributed by atoms with Crippen LogP contribution in [0.3, 0.4) is 0 Å². The van der Waals surface area contributed by atoms with Crippen LogP contribution in [0.15, 0.2) is 47.0 Å². The summed E-state index contributed by atoms with van der Waals surface area (Å²) in [6, 6.07) is 11.9. The van der Waals surface area contributed by atoms with Crippen LogP contribution >= 0.6 is 0 Å². The molecule has 3 rings (SSSR count). The summed E-state index contributed by atoms with van der Waals surface area (Å²) in [6.45, 7) is 5.79. The Bertz CT molecular complexity index is 1020. The summed E-state index contributed by atoms with van der Waals surface area (Å²) >= 11 is 0. The van der Waals surface area contributed by atoms with E-state index in [1.807, 2.05) is 13.8 Å². The predicted octanol–water partition coefficient (Wildman–Crippen LogP) is 4.22. The Kier molecular flexibility index (Phi) is 5.97. The number of carbonyl (C=O) groups is 2. The summed E-state index contributed by atoms with van der Waals surface area (Å²) in [6.07, 6.45) is 0. The highest BCUT2D eigenvalue weighted by Crippen LogP contribution is 2.22. The fourth-order valence-electron chi connectivity index (χ4n) is 2.86. The van der Waals surface area contributed by atoms with Gasteiger partial charge in [-0.2, -0.15) is 0 Å². The van der Waals surface area contributed by atoms with Crippen molar-refractivity contribution in [3.05, 3.63) is 76.2 Å². The first-order chi connectivity index (χ1) is 13.9. The first kappa shape index (κ1) is 20.1. The number of carbonyl (C=O) groups excluding carboxylic acids is 2. The zero-order chi connectivity index (χ0) is 21.0. The lowest BCUT2D eigenvalue weighted by molar-refractivity contribution is 0.0599. The number of anilines is 1. The van der Waals surface area contributed by atoms with Crippen LogP contribution in [0, 0.1) is 20.8 Å². The molecule has 2 aromatic carbocycles. The summed E-state index contributed by atoms with van der Waals surface area (Å²) in [5, 5.41) is 6.72. The van der Waals surface area contributed by atoms with Crippen LogP contribution in [0.2, 0.25) is 0 Å². The molecule has 0 saturated heterocycles. The molecule has 0 aliphatic rings. The smallest absolute Gasteiger partial charge is 0.338 e. The zero-order valence-corrected chi connectivity index (χ0v) is 16.7. The summed E-state index contributed by atoms with van der Waals surface area (Å²) in [7, 11) is 1.32. The van der Waals surface area contributed by atoms with Crippen molar-refractivity contribution >= 4 is 17.6 Å². The van der Waals surface area contributed by atoms with Gasteiger partial charge in [-0.1, -0.05) is 11.2 Å². The topological polar surface area (TPSA) is 90.7 Å². The normalized spacial score (nSPS) is 10.5. The standard InChI is InChI=1S/C22H22N2O5/c1-13-18(22(26)27-4)6-5-7-20(13)23-21(25)16-8-10-17(11-9-16)28-12-19-14(2)24-29-15(19)3/h5-11H,12H2,1-4H3,(H,23,25). The van der Waals surface area contributed by atoms with Gasteiger partial charge in [0.25, 0.3) is 5.91 Å². The Morgan fingerprint density at radius 2 is 1.79 bits per heavy atom. The molecule has 0 aliphatic heterocycles. The molecule has 7 nitrogen and oxygen atoms in total. The van der Waals surface area contributed by atoms with Gasteiger partial charge in [-0.05, 0) is 62.7 Å². The maximum absolute atomic E-state index is 12.6. The number of aromatic nitrogens is 1. The van der Waals surface area contributed by atoms with Gasteiger partial charge in [0.2, 0.25) is 0 Å². The average Bonchev–Trinajstić information content (AvgIpc) is 3.05. The van der Waals surface area contributed by atoms with Crippen molar-refractivity contribution in [2.75, 3.05) is 12.4 Å². The number of hydrogen-bond acceptors (Lipinski definition) is 6. The lowest BCUT2D eigenvalue weighted by atomic mass is 10.1. The van der Waals surface area contributed by atoms with Crippen LogP contribution < -0.4 is 10.1 Å². The van der Waals surface area contributed by atoms with Gasteiger partial charge in [-0.3, -0.25) is 4.79 Å². The van der Waals surface area contributed by atoms with E-state index in [4.69, 9.17) is 14.0 Å².